The molecule has 0 unspecified atom stereocenters. The Kier molecular flexibility index (Phi) is 5.07. The van der Waals surface area contributed by atoms with Crippen LogP contribution in [0.5, 0.6) is 0 Å². The fourth-order valence-corrected chi connectivity index (χ4v) is 5.31. The quantitative estimate of drug-likeness (QED) is 0.850. The molecule has 1 atom stereocenters. The SMILES string of the molecule is O=C(Nc1ncc(Cc2cccc(C(F)(F)F)c2)s1)[C@H]1CCS(=O)(=O)C1. The van der Waals surface area contributed by atoms with Crippen LogP contribution in [0.25, 0.3) is 0 Å². The Hall–Kier alpha value is -1.94. The fraction of sp³-hybridized carbons (Fsp3) is 0.375. The van der Waals surface area contributed by atoms with E-state index in [2.05, 4.69) is 10.3 Å². The Morgan fingerprint density at radius 3 is 2.77 bits per heavy atom. The number of nitrogens with zero attached hydrogens (tertiary/aromatic N) is 1. The van der Waals surface area contributed by atoms with Crippen molar-refractivity contribution in [1.29, 1.82) is 0 Å². The van der Waals surface area contributed by atoms with Crippen molar-refractivity contribution in [3.05, 3.63) is 46.5 Å². The van der Waals surface area contributed by atoms with Crippen LogP contribution in [0.2, 0.25) is 0 Å². The molecule has 1 saturated heterocycles. The summed E-state index contributed by atoms with van der Waals surface area (Å²) in [6, 6.07) is 5.04. The summed E-state index contributed by atoms with van der Waals surface area (Å²) < 4.78 is 61.1. The minimum atomic E-state index is -4.40. The summed E-state index contributed by atoms with van der Waals surface area (Å²) in [5, 5.41) is 2.89. The van der Waals surface area contributed by atoms with Crippen molar-refractivity contribution < 1.29 is 26.4 Å². The Labute approximate surface area is 152 Å². The molecule has 0 spiro atoms. The van der Waals surface area contributed by atoms with Crippen molar-refractivity contribution in [3.63, 3.8) is 0 Å². The first-order valence-corrected chi connectivity index (χ1v) is 10.4. The zero-order chi connectivity index (χ0) is 18.9. The zero-order valence-corrected chi connectivity index (χ0v) is 15.0. The van der Waals surface area contributed by atoms with Gasteiger partial charge in [-0.15, -0.1) is 11.3 Å². The molecule has 1 N–H and O–H groups in total. The van der Waals surface area contributed by atoms with Gasteiger partial charge in [-0.25, -0.2) is 13.4 Å². The lowest BCUT2D eigenvalue weighted by Gasteiger charge is -2.08. The highest BCUT2D eigenvalue weighted by Gasteiger charge is 2.33. The van der Waals surface area contributed by atoms with Crippen molar-refractivity contribution >= 4 is 32.2 Å². The number of halogens is 3. The summed E-state index contributed by atoms with van der Waals surface area (Å²) in [5.41, 5.74) is -0.223. The molecule has 1 aliphatic rings. The maximum atomic E-state index is 12.8. The van der Waals surface area contributed by atoms with Crippen LogP contribution in [-0.2, 0) is 27.2 Å². The molecular weight excluding hydrogens is 389 g/mol. The Balaban J connectivity index is 1.64. The predicted molar refractivity (Wildman–Crippen MR) is 91.8 cm³/mol. The van der Waals surface area contributed by atoms with Crippen LogP contribution < -0.4 is 5.32 Å². The molecule has 0 radical (unpaired) electrons. The van der Waals surface area contributed by atoms with Gasteiger partial charge in [0.25, 0.3) is 0 Å². The number of hydrogen-bond acceptors (Lipinski definition) is 5. The predicted octanol–water partition coefficient (Wildman–Crippen LogP) is 3.13. The van der Waals surface area contributed by atoms with Crippen LogP contribution >= 0.6 is 11.3 Å². The van der Waals surface area contributed by atoms with Gasteiger partial charge in [0.05, 0.1) is 23.0 Å². The van der Waals surface area contributed by atoms with E-state index in [4.69, 9.17) is 0 Å². The zero-order valence-electron chi connectivity index (χ0n) is 13.4. The van der Waals surface area contributed by atoms with Gasteiger partial charge >= 0.3 is 6.18 Å². The van der Waals surface area contributed by atoms with E-state index < -0.39 is 33.4 Å². The number of rotatable bonds is 4. The van der Waals surface area contributed by atoms with Crippen LogP contribution in [-0.4, -0.2) is 30.8 Å². The van der Waals surface area contributed by atoms with Crippen molar-refractivity contribution in [2.75, 3.05) is 16.8 Å². The summed E-state index contributed by atoms with van der Waals surface area (Å²) in [5.74, 6) is -1.15. The molecule has 0 bridgehead atoms. The number of sulfone groups is 1. The molecule has 5 nitrogen and oxygen atoms in total. The topological polar surface area (TPSA) is 76.1 Å². The van der Waals surface area contributed by atoms with Gasteiger partial charge in [0.1, 0.15) is 0 Å². The van der Waals surface area contributed by atoms with E-state index in [-0.39, 0.29) is 24.3 Å². The number of alkyl halides is 3. The second-order valence-electron chi connectivity index (χ2n) is 6.10. The first-order valence-electron chi connectivity index (χ1n) is 7.74. The molecule has 1 amide bonds. The van der Waals surface area contributed by atoms with Crippen LogP contribution in [0.15, 0.2) is 30.5 Å². The molecule has 26 heavy (non-hydrogen) atoms. The summed E-state index contributed by atoms with van der Waals surface area (Å²) >= 11 is 1.15. The molecular formula is C16H15F3N2O3S2. The van der Waals surface area contributed by atoms with Crippen LogP contribution in [0.1, 0.15) is 22.4 Å². The largest absolute Gasteiger partial charge is 0.416 e. The molecule has 2 aromatic rings. The number of carbonyl (C=O) groups is 1. The Morgan fingerprint density at radius 2 is 2.12 bits per heavy atom. The van der Waals surface area contributed by atoms with Gasteiger partial charge in [-0.3, -0.25) is 4.79 Å². The van der Waals surface area contributed by atoms with E-state index in [9.17, 15) is 26.4 Å². The third-order valence-corrected chi connectivity index (χ3v) is 6.70. The lowest BCUT2D eigenvalue weighted by atomic mass is 10.1. The second-order valence-corrected chi connectivity index (χ2v) is 9.44. The van der Waals surface area contributed by atoms with Crippen LogP contribution in [0, 0.1) is 5.92 Å². The third kappa shape index (κ3) is 4.61. The van der Waals surface area contributed by atoms with Gasteiger partial charge in [-0.2, -0.15) is 13.2 Å². The molecule has 10 heteroatoms. The molecule has 1 aromatic carbocycles. The monoisotopic (exact) mass is 404 g/mol. The van der Waals surface area contributed by atoms with E-state index in [0.717, 1.165) is 23.5 Å². The highest BCUT2D eigenvalue weighted by molar-refractivity contribution is 7.91. The van der Waals surface area contributed by atoms with Crippen LogP contribution in [0.4, 0.5) is 18.3 Å². The van der Waals surface area contributed by atoms with Gasteiger partial charge in [0.15, 0.2) is 15.0 Å². The van der Waals surface area contributed by atoms with Crippen molar-refractivity contribution in [1.82, 2.24) is 4.98 Å². The highest BCUT2D eigenvalue weighted by atomic mass is 32.2. The van der Waals surface area contributed by atoms with Crippen LogP contribution in [0.3, 0.4) is 0 Å². The number of benzene rings is 1. The average molecular weight is 404 g/mol. The average Bonchev–Trinajstić information content (AvgIpc) is 3.13. The van der Waals surface area contributed by atoms with E-state index in [0.29, 0.717) is 15.6 Å². The molecule has 0 aliphatic carbocycles. The van der Waals surface area contributed by atoms with Gasteiger partial charge in [-0.05, 0) is 18.1 Å². The summed E-state index contributed by atoms with van der Waals surface area (Å²) in [7, 11) is -3.15. The molecule has 1 fully saturated rings. The van der Waals surface area contributed by atoms with Crippen molar-refractivity contribution in [2.45, 2.75) is 19.0 Å². The van der Waals surface area contributed by atoms with Gasteiger partial charge < -0.3 is 5.32 Å². The van der Waals surface area contributed by atoms with Gasteiger partial charge in [-0.1, -0.05) is 18.2 Å². The van der Waals surface area contributed by atoms with Gasteiger partial charge in [0, 0.05) is 17.5 Å². The lowest BCUT2D eigenvalue weighted by Crippen LogP contribution is -2.23. The first kappa shape index (κ1) is 18.8. The van der Waals surface area contributed by atoms with E-state index >= 15 is 0 Å². The second kappa shape index (κ2) is 6.99. The van der Waals surface area contributed by atoms with Crippen molar-refractivity contribution in [2.24, 2.45) is 5.92 Å². The molecule has 1 aromatic heterocycles. The minimum absolute atomic E-state index is 0.00372. The minimum Gasteiger partial charge on any atom is -0.302 e. The van der Waals surface area contributed by atoms with E-state index in [1.54, 1.807) is 6.07 Å². The number of carbonyl (C=O) groups excluding carboxylic acids is 1. The standard InChI is InChI=1S/C16H15F3N2O3S2/c17-16(18,19)12-3-1-2-10(6-12)7-13-8-20-15(25-13)21-14(22)11-4-5-26(23,24)9-11/h1-3,6,8,11H,4-5,7,9H2,(H,20,21,22)/t11-/m0/s1. The summed E-state index contributed by atoms with van der Waals surface area (Å²) in [6.45, 7) is 0. The summed E-state index contributed by atoms with van der Waals surface area (Å²) in [4.78, 5) is 16.8. The normalized spacial score (nSPS) is 19.4. The van der Waals surface area contributed by atoms with Crippen molar-refractivity contribution in [3.8, 4) is 0 Å². The first-order chi connectivity index (χ1) is 12.1. The molecule has 0 saturated carbocycles. The molecule has 140 valence electrons. The maximum Gasteiger partial charge on any atom is 0.416 e. The fourth-order valence-electron chi connectivity index (χ4n) is 2.72. The Morgan fingerprint density at radius 1 is 1.35 bits per heavy atom. The highest BCUT2D eigenvalue weighted by Crippen LogP contribution is 2.31. The maximum absolute atomic E-state index is 12.8. The molecule has 3 rings (SSSR count). The van der Waals surface area contributed by atoms with E-state index in [1.807, 2.05) is 0 Å². The smallest absolute Gasteiger partial charge is 0.302 e. The molecule has 2 heterocycles. The number of aromatic nitrogens is 1. The number of nitrogens with one attached hydrogen (secondary N) is 1. The number of thiazole rings is 1. The summed E-state index contributed by atoms with van der Waals surface area (Å²) in [6.07, 6.45) is -2.36. The number of hydrogen-bond donors (Lipinski definition) is 1. The number of anilines is 1. The third-order valence-electron chi connectivity index (χ3n) is 4.02. The van der Waals surface area contributed by atoms with E-state index in [1.165, 1.54) is 12.3 Å². The van der Waals surface area contributed by atoms with Gasteiger partial charge in [0.2, 0.25) is 5.91 Å². The molecule has 1 aliphatic heterocycles. The number of amides is 1. The Bertz CT molecular complexity index is 923. The lowest BCUT2D eigenvalue weighted by molar-refractivity contribution is -0.137.